The molecule has 6 nitrogen and oxygen atoms in total. The molecular formula is C23H24N6S. The Labute approximate surface area is 179 Å². The quantitative estimate of drug-likeness (QED) is 0.502. The maximum atomic E-state index is 5.11. The van der Waals surface area contributed by atoms with Crippen LogP contribution >= 0.6 is 11.3 Å². The standard InChI is InChI=1S/C23H24N6S/c1-28-13-16(11-25-28)10-15-7-9-29(14-15)22-20-18-5-2-6-19(18)30-23(20)27-21(26-22)17-4-3-8-24-12-17/h3-4,8,11-13,15H,2,5-7,9-10,14H2,1H3. The van der Waals surface area contributed by atoms with Crippen molar-refractivity contribution in [1.82, 2.24) is 24.7 Å². The highest BCUT2D eigenvalue weighted by Crippen LogP contribution is 2.42. The molecule has 152 valence electrons. The Morgan fingerprint density at radius 2 is 2.17 bits per heavy atom. The van der Waals surface area contributed by atoms with Gasteiger partial charge in [-0.05, 0) is 61.3 Å². The van der Waals surface area contributed by atoms with Crippen LogP contribution in [0.25, 0.3) is 21.6 Å². The predicted octanol–water partition coefficient (Wildman–Crippen LogP) is 4.04. The molecule has 0 radical (unpaired) electrons. The minimum absolute atomic E-state index is 0.632. The number of anilines is 1. The first-order valence-electron chi connectivity index (χ1n) is 10.7. The van der Waals surface area contributed by atoms with E-state index in [0.29, 0.717) is 5.92 Å². The molecule has 2 aliphatic rings. The highest BCUT2D eigenvalue weighted by Gasteiger charge is 2.29. The van der Waals surface area contributed by atoms with Crippen LogP contribution in [0.1, 0.15) is 28.8 Å². The highest BCUT2D eigenvalue weighted by molar-refractivity contribution is 7.19. The smallest absolute Gasteiger partial charge is 0.164 e. The van der Waals surface area contributed by atoms with Crippen molar-refractivity contribution in [3.63, 3.8) is 0 Å². The van der Waals surface area contributed by atoms with E-state index < -0.39 is 0 Å². The summed E-state index contributed by atoms with van der Waals surface area (Å²) in [5.74, 6) is 2.56. The third-order valence-electron chi connectivity index (χ3n) is 6.33. The first kappa shape index (κ1) is 18.0. The Morgan fingerprint density at radius 3 is 3.00 bits per heavy atom. The summed E-state index contributed by atoms with van der Waals surface area (Å²) < 4.78 is 1.89. The molecule has 5 heterocycles. The van der Waals surface area contributed by atoms with E-state index in [1.807, 2.05) is 41.5 Å². The summed E-state index contributed by atoms with van der Waals surface area (Å²) in [6.07, 6.45) is 13.7. The maximum Gasteiger partial charge on any atom is 0.164 e. The van der Waals surface area contributed by atoms with E-state index in [-0.39, 0.29) is 0 Å². The van der Waals surface area contributed by atoms with Crippen LogP contribution in [-0.2, 0) is 26.3 Å². The van der Waals surface area contributed by atoms with Crippen molar-refractivity contribution in [3.8, 4) is 11.4 Å². The molecule has 30 heavy (non-hydrogen) atoms. The van der Waals surface area contributed by atoms with Gasteiger partial charge in [-0.1, -0.05) is 0 Å². The Bertz CT molecular complexity index is 1210. The third-order valence-corrected chi connectivity index (χ3v) is 7.52. The number of pyridine rings is 1. The minimum Gasteiger partial charge on any atom is -0.356 e. The summed E-state index contributed by atoms with van der Waals surface area (Å²) in [7, 11) is 1.99. The van der Waals surface area contributed by atoms with Gasteiger partial charge >= 0.3 is 0 Å². The zero-order valence-corrected chi connectivity index (χ0v) is 17.9. The molecule has 1 atom stereocenters. The first-order valence-corrected chi connectivity index (χ1v) is 11.5. The van der Waals surface area contributed by atoms with Crippen LogP contribution in [-0.4, -0.2) is 37.8 Å². The minimum atomic E-state index is 0.632. The Balaban J connectivity index is 1.39. The Hall–Kier alpha value is -2.80. The van der Waals surface area contributed by atoms with Gasteiger partial charge in [-0.2, -0.15) is 5.10 Å². The Morgan fingerprint density at radius 1 is 1.20 bits per heavy atom. The molecule has 1 fully saturated rings. The van der Waals surface area contributed by atoms with Crippen molar-refractivity contribution in [1.29, 1.82) is 0 Å². The number of hydrogen-bond acceptors (Lipinski definition) is 6. The summed E-state index contributed by atoms with van der Waals surface area (Å²) in [5, 5.41) is 5.64. The fourth-order valence-corrected chi connectivity index (χ4v) is 6.19. The summed E-state index contributed by atoms with van der Waals surface area (Å²) in [5.41, 5.74) is 3.81. The van der Waals surface area contributed by atoms with Gasteiger partial charge in [0.1, 0.15) is 10.6 Å². The number of thiophene rings is 1. The van der Waals surface area contributed by atoms with Gasteiger partial charge in [-0.3, -0.25) is 9.67 Å². The number of aromatic nitrogens is 5. The molecule has 0 aromatic carbocycles. The van der Waals surface area contributed by atoms with Crippen molar-refractivity contribution in [3.05, 3.63) is 52.9 Å². The molecule has 6 rings (SSSR count). The molecule has 4 aromatic rings. The average molecular weight is 417 g/mol. The second kappa shape index (κ2) is 7.16. The molecule has 0 spiro atoms. The normalized spacial score (nSPS) is 18.4. The summed E-state index contributed by atoms with van der Waals surface area (Å²) >= 11 is 1.87. The lowest BCUT2D eigenvalue weighted by atomic mass is 10.0. The van der Waals surface area contributed by atoms with Crippen LogP contribution in [0.5, 0.6) is 0 Å². The fourth-order valence-electron chi connectivity index (χ4n) is 4.93. The molecule has 4 aromatic heterocycles. The van der Waals surface area contributed by atoms with Gasteiger partial charge in [0.05, 0.1) is 11.6 Å². The van der Waals surface area contributed by atoms with E-state index in [1.54, 1.807) is 6.20 Å². The molecule has 0 saturated carbocycles. The van der Waals surface area contributed by atoms with Gasteiger partial charge < -0.3 is 4.90 Å². The van der Waals surface area contributed by atoms with E-state index in [2.05, 4.69) is 27.2 Å². The largest absolute Gasteiger partial charge is 0.356 e. The molecule has 0 bridgehead atoms. The van der Waals surface area contributed by atoms with Gasteiger partial charge in [-0.25, -0.2) is 9.97 Å². The first-order chi connectivity index (χ1) is 14.7. The lowest BCUT2D eigenvalue weighted by Gasteiger charge is -2.20. The van der Waals surface area contributed by atoms with Crippen LogP contribution in [0.15, 0.2) is 36.9 Å². The monoisotopic (exact) mass is 416 g/mol. The molecule has 7 heteroatoms. The van der Waals surface area contributed by atoms with E-state index in [4.69, 9.17) is 9.97 Å². The molecule has 0 N–H and O–H groups in total. The number of nitrogens with zero attached hydrogens (tertiary/aromatic N) is 6. The number of fused-ring (bicyclic) bond motifs is 3. The average Bonchev–Trinajstić information content (AvgIpc) is 3.53. The van der Waals surface area contributed by atoms with E-state index in [0.717, 1.165) is 48.0 Å². The molecule has 1 unspecified atom stereocenters. The van der Waals surface area contributed by atoms with Gasteiger partial charge in [0.25, 0.3) is 0 Å². The number of aryl methyl sites for hydroxylation is 3. The maximum absolute atomic E-state index is 5.11. The molecular weight excluding hydrogens is 392 g/mol. The third kappa shape index (κ3) is 3.08. The van der Waals surface area contributed by atoms with Crippen molar-refractivity contribution in [2.45, 2.75) is 32.1 Å². The van der Waals surface area contributed by atoms with Crippen LogP contribution in [0.3, 0.4) is 0 Å². The van der Waals surface area contributed by atoms with Crippen molar-refractivity contribution in [2.75, 3.05) is 18.0 Å². The van der Waals surface area contributed by atoms with Crippen molar-refractivity contribution in [2.24, 2.45) is 13.0 Å². The lowest BCUT2D eigenvalue weighted by molar-refractivity contribution is 0.586. The zero-order chi connectivity index (χ0) is 20.1. The van der Waals surface area contributed by atoms with Crippen LogP contribution in [0, 0.1) is 5.92 Å². The highest BCUT2D eigenvalue weighted by atomic mass is 32.1. The van der Waals surface area contributed by atoms with Crippen LogP contribution < -0.4 is 4.90 Å². The Kier molecular flexibility index (Phi) is 4.30. The van der Waals surface area contributed by atoms with Gasteiger partial charge in [-0.15, -0.1) is 11.3 Å². The molecule has 1 saturated heterocycles. The van der Waals surface area contributed by atoms with Gasteiger partial charge in [0, 0.05) is 49.2 Å². The van der Waals surface area contributed by atoms with E-state index in [1.165, 1.54) is 40.7 Å². The van der Waals surface area contributed by atoms with E-state index in [9.17, 15) is 0 Å². The SMILES string of the molecule is Cn1cc(CC2CCN(c3nc(-c4cccnc4)nc4sc5c(c34)CCC5)C2)cn1. The van der Waals surface area contributed by atoms with Gasteiger partial charge in [0.2, 0.25) is 0 Å². The van der Waals surface area contributed by atoms with E-state index >= 15 is 0 Å². The predicted molar refractivity (Wildman–Crippen MR) is 120 cm³/mol. The summed E-state index contributed by atoms with van der Waals surface area (Å²) in [6, 6.07) is 4.01. The topological polar surface area (TPSA) is 59.7 Å². The second-order valence-corrected chi connectivity index (χ2v) is 9.56. The molecule has 1 aliphatic carbocycles. The summed E-state index contributed by atoms with van der Waals surface area (Å²) in [4.78, 5) is 19.5. The number of hydrogen-bond donors (Lipinski definition) is 0. The second-order valence-electron chi connectivity index (χ2n) is 8.48. The summed E-state index contributed by atoms with van der Waals surface area (Å²) in [6.45, 7) is 2.09. The number of rotatable bonds is 4. The molecule has 0 amide bonds. The van der Waals surface area contributed by atoms with Crippen molar-refractivity contribution >= 4 is 27.4 Å². The zero-order valence-electron chi connectivity index (χ0n) is 17.1. The fraction of sp³-hybridized carbons (Fsp3) is 0.391. The lowest BCUT2D eigenvalue weighted by Crippen LogP contribution is -2.22. The molecule has 1 aliphatic heterocycles. The van der Waals surface area contributed by atoms with Crippen LogP contribution in [0.4, 0.5) is 5.82 Å². The van der Waals surface area contributed by atoms with Crippen LogP contribution in [0.2, 0.25) is 0 Å². The van der Waals surface area contributed by atoms with Gasteiger partial charge in [0.15, 0.2) is 5.82 Å². The van der Waals surface area contributed by atoms with Crippen molar-refractivity contribution < 1.29 is 0 Å².